The largest absolute Gasteiger partial charge is 0.373 e. The van der Waals surface area contributed by atoms with Crippen molar-refractivity contribution in [1.29, 1.82) is 0 Å². The maximum absolute atomic E-state index is 7.96. The Balaban J connectivity index is 2.14. The number of azide groups is 1. The van der Waals surface area contributed by atoms with Crippen LogP contribution in [0.1, 0.15) is 13.8 Å². The van der Waals surface area contributed by atoms with Crippen molar-refractivity contribution in [2.45, 2.75) is 25.7 Å². The highest BCUT2D eigenvalue weighted by atomic mass is 16.7. The van der Waals surface area contributed by atoms with Crippen LogP contribution < -0.4 is 0 Å². The number of nitrogens with zero attached hydrogens (tertiary/aromatic N) is 3. The Kier molecular flexibility index (Phi) is 3.50. The van der Waals surface area contributed by atoms with Crippen LogP contribution in [-0.2, 0) is 14.2 Å². The molecule has 6 heteroatoms. The molecule has 1 rings (SSSR count). The molecule has 0 bridgehead atoms. The van der Waals surface area contributed by atoms with Gasteiger partial charge in [0.25, 0.3) is 0 Å². The molecule has 0 aromatic heterocycles. The summed E-state index contributed by atoms with van der Waals surface area (Å²) >= 11 is 0. The molecule has 13 heavy (non-hydrogen) atoms. The lowest BCUT2D eigenvalue weighted by molar-refractivity contribution is -0.144. The quantitative estimate of drug-likeness (QED) is 0.289. The van der Waals surface area contributed by atoms with Crippen molar-refractivity contribution in [2.24, 2.45) is 5.11 Å². The van der Waals surface area contributed by atoms with Gasteiger partial charge in [-0.2, -0.15) is 0 Å². The standard InChI is InChI=1S/C7H13N3O3/c1-7(2)12-4-6(13-7)3-11-5-9-10-8/h6H,3-5H2,1-2H3/t6-/m1/s1. The predicted octanol–water partition coefficient (Wildman–Crippen LogP) is 1.42. The second-order valence-corrected chi connectivity index (χ2v) is 3.18. The molecule has 1 aliphatic rings. The molecule has 1 atom stereocenters. The summed E-state index contributed by atoms with van der Waals surface area (Å²) in [7, 11) is 0. The molecule has 1 heterocycles. The summed E-state index contributed by atoms with van der Waals surface area (Å²) in [5.74, 6) is -0.521. The van der Waals surface area contributed by atoms with E-state index in [0.29, 0.717) is 13.2 Å². The summed E-state index contributed by atoms with van der Waals surface area (Å²) in [6, 6.07) is 0. The lowest BCUT2D eigenvalue weighted by Gasteiger charge is -2.16. The van der Waals surface area contributed by atoms with E-state index in [1.165, 1.54) is 0 Å². The van der Waals surface area contributed by atoms with Crippen LogP contribution in [0.5, 0.6) is 0 Å². The molecule has 1 saturated heterocycles. The summed E-state index contributed by atoms with van der Waals surface area (Å²) in [6.07, 6.45) is -0.0658. The van der Waals surface area contributed by atoms with Gasteiger partial charge in [0.15, 0.2) is 5.79 Å². The van der Waals surface area contributed by atoms with Crippen molar-refractivity contribution in [3.63, 3.8) is 0 Å². The second kappa shape index (κ2) is 4.43. The molecule has 0 saturated carbocycles. The zero-order valence-electron chi connectivity index (χ0n) is 7.77. The van der Waals surface area contributed by atoms with Gasteiger partial charge in [-0.3, -0.25) is 0 Å². The van der Waals surface area contributed by atoms with Gasteiger partial charge in [-0.05, 0) is 19.4 Å². The molecule has 0 aliphatic carbocycles. The third-order valence-corrected chi connectivity index (χ3v) is 1.58. The number of hydrogen-bond donors (Lipinski definition) is 0. The van der Waals surface area contributed by atoms with E-state index >= 15 is 0 Å². The van der Waals surface area contributed by atoms with Gasteiger partial charge in [0.2, 0.25) is 0 Å². The third kappa shape index (κ3) is 3.61. The molecule has 0 unspecified atom stereocenters. The molecule has 0 aromatic carbocycles. The van der Waals surface area contributed by atoms with Gasteiger partial charge >= 0.3 is 0 Å². The molecule has 0 radical (unpaired) electrons. The Morgan fingerprint density at radius 3 is 3.00 bits per heavy atom. The molecule has 74 valence electrons. The van der Waals surface area contributed by atoms with Gasteiger partial charge in [0.1, 0.15) is 12.8 Å². The third-order valence-electron chi connectivity index (χ3n) is 1.58. The average molecular weight is 187 g/mol. The van der Waals surface area contributed by atoms with E-state index in [4.69, 9.17) is 19.7 Å². The molecular formula is C7H13N3O3. The van der Waals surface area contributed by atoms with Crippen LogP contribution in [-0.4, -0.2) is 31.8 Å². The Hall–Kier alpha value is -0.810. The van der Waals surface area contributed by atoms with E-state index in [1.807, 2.05) is 13.8 Å². The molecular weight excluding hydrogens is 174 g/mol. The monoisotopic (exact) mass is 187 g/mol. The number of ether oxygens (including phenoxy) is 3. The highest BCUT2D eigenvalue weighted by molar-refractivity contribution is 4.69. The van der Waals surface area contributed by atoms with E-state index in [1.54, 1.807) is 0 Å². The van der Waals surface area contributed by atoms with Crippen molar-refractivity contribution in [3.8, 4) is 0 Å². The fourth-order valence-electron chi connectivity index (χ4n) is 1.10. The highest BCUT2D eigenvalue weighted by Gasteiger charge is 2.32. The van der Waals surface area contributed by atoms with E-state index in [0.717, 1.165) is 0 Å². The molecule has 6 nitrogen and oxygen atoms in total. The van der Waals surface area contributed by atoms with E-state index in [2.05, 4.69) is 10.0 Å². The fraction of sp³-hybridized carbons (Fsp3) is 1.00. The van der Waals surface area contributed by atoms with Crippen molar-refractivity contribution in [2.75, 3.05) is 19.9 Å². The predicted molar refractivity (Wildman–Crippen MR) is 44.9 cm³/mol. The van der Waals surface area contributed by atoms with Gasteiger partial charge < -0.3 is 14.2 Å². The van der Waals surface area contributed by atoms with Crippen LogP contribution in [0.3, 0.4) is 0 Å². The summed E-state index contributed by atoms with van der Waals surface area (Å²) < 4.78 is 15.8. The normalized spacial score (nSPS) is 25.5. The zero-order valence-corrected chi connectivity index (χ0v) is 7.77. The van der Waals surface area contributed by atoms with E-state index in [9.17, 15) is 0 Å². The van der Waals surface area contributed by atoms with Gasteiger partial charge in [-0.25, -0.2) is 0 Å². The average Bonchev–Trinajstić information content (AvgIpc) is 2.40. The topological polar surface area (TPSA) is 76.5 Å². The smallest absolute Gasteiger partial charge is 0.163 e. The Labute approximate surface area is 76.4 Å². The van der Waals surface area contributed by atoms with Crippen LogP contribution in [0.4, 0.5) is 0 Å². The fourth-order valence-corrected chi connectivity index (χ4v) is 1.10. The summed E-state index contributed by atoms with van der Waals surface area (Å²) in [5.41, 5.74) is 7.96. The maximum Gasteiger partial charge on any atom is 0.163 e. The molecule has 0 N–H and O–H groups in total. The molecule has 1 fully saturated rings. The maximum atomic E-state index is 7.96. The summed E-state index contributed by atoms with van der Waals surface area (Å²) in [6.45, 7) is 4.64. The Morgan fingerprint density at radius 2 is 2.46 bits per heavy atom. The minimum absolute atomic E-state index is 0.0385. The lowest BCUT2D eigenvalue weighted by atomic mass is 10.4. The van der Waals surface area contributed by atoms with Crippen LogP contribution in [0, 0.1) is 0 Å². The minimum Gasteiger partial charge on any atom is -0.373 e. The first-order valence-corrected chi connectivity index (χ1v) is 4.04. The zero-order chi connectivity index (χ0) is 9.73. The van der Waals surface area contributed by atoms with E-state index < -0.39 is 5.79 Å². The second-order valence-electron chi connectivity index (χ2n) is 3.18. The van der Waals surface area contributed by atoms with Gasteiger partial charge in [0.05, 0.1) is 13.2 Å². The first-order valence-electron chi connectivity index (χ1n) is 4.04. The van der Waals surface area contributed by atoms with Crippen molar-refractivity contribution in [3.05, 3.63) is 10.4 Å². The SMILES string of the molecule is CC1(C)OC[C@@H](COCN=[N+]=[N-])O1. The molecule has 0 amide bonds. The first kappa shape index (κ1) is 10.3. The Bertz CT molecular complexity index is 213. The number of hydrogen-bond acceptors (Lipinski definition) is 4. The summed E-state index contributed by atoms with van der Waals surface area (Å²) in [5, 5.41) is 3.23. The number of rotatable bonds is 4. The lowest BCUT2D eigenvalue weighted by Crippen LogP contribution is -2.24. The van der Waals surface area contributed by atoms with Crippen LogP contribution in [0.25, 0.3) is 10.4 Å². The molecule has 0 aromatic rings. The Morgan fingerprint density at radius 1 is 1.69 bits per heavy atom. The van der Waals surface area contributed by atoms with Crippen LogP contribution in [0.15, 0.2) is 5.11 Å². The van der Waals surface area contributed by atoms with Gasteiger partial charge in [-0.1, -0.05) is 5.11 Å². The first-order chi connectivity index (χ1) is 6.14. The van der Waals surface area contributed by atoms with Gasteiger partial charge in [0, 0.05) is 4.91 Å². The minimum atomic E-state index is -0.521. The van der Waals surface area contributed by atoms with Gasteiger partial charge in [-0.15, -0.1) is 0 Å². The van der Waals surface area contributed by atoms with Crippen molar-refractivity contribution >= 4 is 0 Å². The summed E-state index contributed by atoms with van der Waals surface area (Å²) in [4.78, 5) is 2.56. The van der Waals surface area contributed by atoms with Crippen molar-refractivity contribution < 1.29 is 14.2 Å². The van der Waals surface area contributed by atoms with E-state index in [-0.39, 0.29) is 12.8 Å². The highest BCUT2D eigenvalue weighted by Crippen LogP contribution is 2.22. The molecule has 0 spiro atoms. The van der Waals surface area contributed by atoms with Crippen LogP contribution >= 0.6 is 0 Å². The van der Waals surface area contributed by atoms with Crippen molar-refractivity contribution in [1.82, 2.24) is 0 Å². The molecule has 1 aliphatic heterocycles. The van der Waals surface area contributed by atoms with Crippen LogP contribution in [0.2, 0.25) is 0 Å².